The van der Waals surface area contributed by atoms with Crippen LogP contribution in [-0.2, 0) is 12.8 Å². The summed E-state index contributed by atoms with van der Waals surface area (Å²) in [7, 11) is 0. The smallest absolute Gasteiger partial charge is 0.327 e. The number of hydrogen-bond acceptors (Lipinski definition) is 4. The first-order valence-corrected chi connectivity index (χ1v) is 10.0. The Bertz CT molecular complexity index is 996. The Hall–Kier alpha value is -3.12. The predicted octanol–water partition coefficient (Wildman–Crippen LogP) is 4.77. The Kier molecular flexibility index (Phi) is 5.91. The lowest BCUT2D eigenvalue weighted by Gasteiger charge is -2.22. The van der Waals surface area contributed by atoms with Crippen LogP contribution in [0.2, 0.25) is 5.02 Å². The standard InChI is InChI=1S/C22H22ClN5O/c23-17-5-1-4-16(14-17)7-8-18-9-10-20-21(26-18)28(13-3-12-25-20)22(29)27-19-6-2-11-24-15-19/h1-2,4-6,9-11,14-15,25H,3,7-8,12-13H2,(H,27,29). The van der Waals surface area contributed by atoms with Crippen LogP contribution in [-0.4, -0.2) is 29.1 Å². The average Bonchev–Trinajstić information content (AvgIpc) is 2.95. The van der Waals surface area contributed by atoms with E-state index < -0.39 is 0 Å². The third kappa shape index (κ3) is 4.84. The molecule has 2 amide bonds. The van der Waals surface area contributed by atoms with E-state index in [-0.39, 0.29) is 6.03 Å². The summed E-state index contributed by atoms with van der Waals surface area (Å²) in [6, 6.07) is 15.3. The summed E-state index contributed by atoms with van der Waals surface area (Å²) in [4.78, 5) is 23.5. The summed E-state index contributed by atoms with van der Waals surface area (Å²) in [6.45, 7) is 1.39. The van der Waals surface area contributed by atoms with Gasteiger partial charge in [0.05, 0.1) is 17.6 Å². The van der Waals surface area contributed by atoms with Gasteiger partial charge in [0.2, 0.25) is 0 Å². The molecule has 3 heterocycles. The van der Waals surface area contributed by atoms with Crippen molar-refractivity contribution in [3.05, 3.63) is 77.2 Å². The number of nitrogens with one attached hydrogen (secondary N) is 2. The fourth-order valence-electron chi connectivity index (χ4n) is 3.33. The number of carbonyl (C=O) groups is 1. The molecule has 0 radical (unpaired) electrons. The molecule has 7 heteroatoms. The van der Waals surface area contributed by atoms with E-state index in [0.717, 1.165) is 42.2 Å². The molecule has 0 bridgehead atoms. The highest BCUT2D eigenvalue weighted by Gasteiger charge is 2.23. The van der Waals surface area contributed by atoms with Crippen LogP contribution < -0.4 is 15.5 Å². The number of pyridine rings is 2. The van der Waals surface area contributed by atoms with Gasteiger partial charge in [-0.05, 0) is 61.2 Å². The van der Waals surface area contributed by atoms with Crippen LogP contribution in [0.1, 0.15) is 17.7 Å². The second-order valence-corrected chi connectivity index (χ2v) is 7.34. The normalized spacial score (nSPS) is 13.2. The minimum atomic E-state index is -0.206. The number of carbonyl (C=O) groups excluding carboxylic acids is 1. The maximum Gasteiger partial charge on any atom is 0.327 e. The van der Waals surface area contributed by atoms with Gasteiger partial charge in [-0.25, -0.2) is 9.78 Å². The van der Waals surface area contributed by atoms with E-state index in [4.69, 9.17) is 16.6 Å². The van der Waals surface area contributed by atoms with Crippen LogP contribution in [0, 0.1) is 0 Å². The predicted molar refractivity (Wildman–Crippen MR) is 117 cm³/mol. The number of amides is 2. The molecule has 29 heavy (non-hydrogen) atoms. The van der Waals surface area contributed by atoms with Crippen LogP contribution in [0.4, 0.5) is 22.0 Å². The highest BCUT2D eigenvalue weighted by Crippen LogP contribution is 2.28. The lowest BCUT2D eigenvalue weighted by molar-refractivity contribution is 0.257. The quantitative estimate of drug-likeness (QED) is 0.653. The maximum atomic E-state index is 12.9. The second-order valence-electron chi connectivity index (χ2n) is 6.91. The largest absolute Gasteiger partial charge is 0.382 e. The Morgan fingerprint density at radius 3 is 2.93 bits per heavy atom. The van der Waals surface area contributed by atoms with Crippen molar-refractivity contribution in [3.8, 4) is 0 Å². The molecule has 0 saturated carbocycles. The number of benzene rings is 1. The van der Waals surface area contributed by atoms with Crippen molar-refractivity contribution in [1.29, 1.82) is 0 Å². The fraction of sp³-hybridized carbons (Fsp3) is 0.227. The van der Waals surface area contributed by atoms with Crippen LogP contribution in [0.25, 0.3) is 0 Å². The first-order valence-electron chi connectivity index (χ1n) is 9.66. The number of aromatic nitrogens is 2. The molecule has 4 rings (SSSR count). The molecule has 0 spiro atoms. The topological polar surface area (TPSA) is 70.2 Å². The monoisotopic (exact) mass is 407 g/mol. The molecule has 1 aliphatic rings. The molecule has 0 aliphatic carbocycles. The maximum absolute atomic E-state index is 12.9. The molecule has 1 aromatic carbocycles. The van der Waals surface area contributed by atoms with E-state index >= 15 is 0 Å². The molecule has 3 aromatic rings. The third-order valence-electron chi connectivity index (χ3n) is 4.78. The summed E-state index contributed by atoms with van der Waals surface area (Å²) in [5.74, 6) is 0.660. The molecular formula is C22H22ClN5O. The third-order valence-corrected chi connectivity index (χ3v) is 5.01. The fourth-order valence-corrected chi connectivity index (χ4v) is 3.54. The zero-order valence-electron chi connectivity index (χ0n) is 15.9. The Morgan fingerprint density at radius 2 is 2.10 bits per heavy atom. The van der Waals surface area contributed by atoms with Crippen LogP contribution in [0.5, 0.6) is 0 Å². The number of rotatable bonds is 4. The van der Waals surface area contributed by atoms with Crippen molar-refractivity contribution in [2.75, 3.05) is 28.6 Å². The van der Waals surface area contributed by atoms with Gasteiger partial charge in [0.1, 0.15) is 0 Å². The first-order chi connectivity index (χ1) is 14.2. The van der Waals surface area contributed by atoms with Crippen molar-refractivity contribution in [2.24, 2.45) is 0 Å². The molecule has 2 N–H and O–H groups in total. The minimum absolute atomic E-state index is 0.206. The van der Waals surface area contributed by atoms with Gasteiger partial charge in [-0.15, -0.1) is 0 Å². The van der Waals surface area contributed by atoms with Gasteiger partial charge in [-0.3, -0.25) is 9.88 Å². The SMILES string of the molecule is O=C(Nc1cccnc1)N1CCCNc2ccc(CCc3cccc(Cl)c3)nc21. The van der Waals surface area contributed by atoms with Crippen molar-refractivity contribution >= 4 is 34.8 Å². The highest BCUT2D eigenvalue weighted by molar-refractivity contribution is 6.30. The number of halogens is 1. The van der Waals surface area contributed by atoms with Crippen LogP contribution >= 0.6 is 11.6 Å². The molecule has 0 atom stereocenters. The summed E-state index contributed by atoms with van der Waals surface area (Å²) in [5, 5.41) is 7.01. The van der Waals surface area contributed by atoms with E-state index in [2.05, 4.69) is 21.7 Å². The van der Waals surface area contributed by atoms with Crippen molar-refractivity contribution in [3.63, 3.8) is 0 Å². The zero-order chi connectivity index (χ0) is 20.1. The summed E-state index contributed by atoms with van der Waals surface area (Å²) in [6.07, 6.45) is 5.75. The molecule has 1 aliphatic heterocycles. The Labute approximate surface area is 174 Å². The van der Waals surface area contributed by atoms with Gasteiger partial charge < -0.3 is 10.6 Å². The number of fused-ring (bicyclic) bond motifs is 1. The molecule has 6 nitrogen and oxygen atoms in total. The lowest BCUT2D eigenvalue weighted by Crippen LogP contribution is -2.36. The average molecular weight is 408 g/mol. The summed E-state index contributed by atoms with van der Waals surface area (Å²) < 4.78 is 0. The van der Waals surface area contributed by atoms with E-state index in [9.17, 15) is 4.79 Å². The molecule has 0 fully saturated rings. The van der Waals surface area contributed by atoms with E-state index in [0.29, 0.717) is 18.1 Å². The highest BCUT2D eigenvalue weighted by atomic mass is 35.5. The van der Waals surface area contributed by atoms with Gasteiger partial charge in [-0.2, -0.15) is 0 Å². The molecule has 0 unspecified atom stereocenters. The van der Waals surface area contributed by atoms with Crippen LogP contribution in [0.15, 0.2) is 60.9 Å². The number of nitrogens with zero attached hydrogens (tertiary/aromatic N) is 3. The molecule has 0 saturated heterocycles. The Balaban J connectivity index is 1.54. The molecule has 2 aromatic heterocycles. The zero-order valence-corrected chi connectivity index (χ0v) is 16.7. The molecule has 148 valence electrons. The van der Waals surface area contributed by atoms with E-state index in [1.165, 1.54) is 5.56 Å². The van der Waals surface area contributed by atoms with Gasteiger partial charge in [0.15, 0.2) is 5.82 Å². The van der Waals surface area contributed by atoms with Gasteiger partial charge in [0, 0.05) is 30.0 Å². The first kappa shape index (κ1) is 19.2. The number of anilines is 3. The van der Waals surface area contributed by atoms with E-state index in [1.54, 1.807) is 23.4 Å². The van der Waals surface area contributed by atoms with Gasteiger partial charge in [0.25, 0.3) is 0 Å². The second kappa shape index (κ2) is 8.92. The van der Waals surface area contributed by atoms with Crippen molar-refractivity contribution in [1.82, 2.24) is 9.97 Å². The van der Waals surface area contributed by atoms with Crippen molar-refractivity contribution < 1.29 is 4.79 Å². The van der Waals surface area contributed by atoms with Gasteiger partial charge >= 0.3 is 6.03 Å². The van der Waals surface area contributed by atoms with E-state index in [1.807, 2.05) is 36.4 Å². The molecular weight excluding hydrogens is 386 g/mol. The summed E-state index contributed by atoms with van der Waals surface area (Å²) >= 11 is 6.08. The summed E-state index contributed by atoms with van der Waals surface area (Å²) in [5.41, 5.74) is 3.63. The lowest BCUT2D eigenvalue weighted by atomic mass is 10.1. The number of urea groups is 1. The van der Waals surface area contributed by atoms with Crippen molar-refractivity contribution in [2.45, 2.75) is 19.3 Å². The number of hydrogen-bond donors (Lipinski definition) is 2. The number of aryl methyl sites for hydroxylation is 2. The van der Waals surface area contributed by atoms with Crippen LogP contribution in [0.3, 0.4) is 0 Å². The Morgan fingerprint density at radius 1 is 1.17 bits per heavy atom. The minimum Gasteiger partial charge on any atom is -0.382 e. The van der Waals surface area contributed by atoms with Gasteiger partial charge in [-0.1, -0.05) is 23.7 Å².